The quantitative estimate of drug-likeness (QED) is 0.152. The maximum Gasteiger partial charge on any atom is 0.159 e. The number of hydrogen-bond acceptors (Lipinski definition) is 7. The van der Waals surface area contributed by atoms with E-state index in [9.17, 15) is 0 Å². The molecule has 0 saturated carbocycles. The number of para-hydroxylation sites is 7. The first-order chi connectivity index (χ1) is 37.4. The van der Waals surface area contributed by atoms with Crippen LogP contribution < -0.4 is 25.0 Å². The van der Waals surface area contributed by atoms with Gasteiger partial charge in [0.1, 0.15) is 17.3 Å². The summed E-state index contributed by atoms with van der Waals surface area (Å²) in [6, 6.07) is 57.4. The third-order valence-electron chi connectivity index (χ3n) is 15.7. The number of nitrogen functional groups attached to an aromatic ring is 1. The lowest BCUT2D eigenvalue weighted by molar-refractivity contribution is 0.460. The summed E-state index contributed by atoms with van der Waals surface area (Å²) in [5, 5.41) is 3.05. The van der Waals surface area contributed by atoms with Crippen LogP contribution in [-0.4, -0.2) is 0 Å². The van der Waals surface area contributed by atoms with Gasteiger partial charge in [0.25, 0.3) is 0 Å². The first-order valence-electron chi connectivity index (χ1n) is 26.0. The van der Waals surface area contributed by atoms with Gasteiger partial charge in [0.05, 0.1) is 39.8 Å². The number of rotatable bonds is 8. The SMILES string of the molecule is Cc1ccccc1Oc1c(C)cccc1N(c1ccc2c3c1C=Cc1ccc(N(c4cccc5c6c(oc45)C=CC=CC6)c4cccc5c4oc4c(N)cccc45)c(c1C3)C=C2)c1cccc2c1Oc1ccccc1C2. The molecule has 0 radical (unpaired) electrons. The van der Waals surface area contributed by atoms with E-state index in [0.717, 1.165) is 142 Å². The number of furan rings is 2. The van der Waals surface area contributed by atoms with Crippen molar-refractivity contribution in [1.29, 1.82) is 0 Å². The Kier molecular flexibility index (Phi) is 9.91. The molecule has 76 heavy (non-hydrogen) atoms. The molecule has 7 nitrogen and oxygen atoms in total. The Hall–Kier alpha value is -9.72. The second-order valence-corrected chi connectivity index (χ2v) is 20.2. The number of nitrogens with zero attached hydrogens (tertiary/aromatic N) is 2. The first kappa shape index (κ1) is 43.8. The molecule has 0 unspecified atom stereocenters. The van der Waals surface area contributed by atoms with Crippen molar-refractivity contribution in [2.45, 2.75) is 33.1 Å². The van der Waals surface area contributed by atoms with Crippen LogP contribution in [0.5, 0.6) is 23.0 Å². The van der Waals surface area contributed by atoms with E-state index < -0.39 is 0 Å². The number of nitrogens with two attached hydrogens (primary N) is 1. The van der Waals surface area contributed by atoms with Crippen molar-refractivity contribution in [3.05, 3.63) is 249 Å². The van der Waals surface area contributed by atoms with Crippen molar-refractivity contribution >= 4 is 103 Å². The average molecular weight is 984 g/mol. The predicted molar refractivity (Wildman–Crippen MR) is 312 cm³/mol. The normalized spacial score (nSPS) is 13.4. The first-order valence-corrected chi connectivity index (χ1v) is 26.0. The van der Waals surface area contributed by atoms with E-state index in [2.05, 4.69) is 200 Å². The number of aryl methyl sites for hydroxylation is 2. The molecular formula is C69H49N3O4. The number of benzene rings is 9. The molecule has 3 aliphatic carbocycles. The second-order valence-electron chi connectivity index (χ2n) is 20.2. The molecule has 3 heterocycles. The van der Waals surface area contributed by atoms with Gasteiger partial charge in [-0.25, -0.2) is 0 Å². The summed E-state index contributed by atoms with van der Waals surface area (Å²) >= 11 is 0. The summed E-state index contributed by atoms with van der Waals surface area (Å²) in [5.74, 6) is 4.15. The van der Waals surface area contributed by atoms with Crippen LogP contribution in [0.1, 0.15) is 67.0 Å². The van der Waals surface area contributed by atoms with Crippen molar-refractivity contribution in [1.82, 2.24) is 0 Å². The monoisotopic (exact) mass is 983 g/mol. The second kappa shape index (κ2) is 17.2. The van der Waals surface area contributed by atoms with Gasteiger partial charge in [-0.2, -0.15) is 0 Å². The lowest BCUT2D eigenvalue weighted by atomic mass is 9.92. The highest BCUT2D eigenvalue weighted by atomic mass is 16.5. The smallest absolute Gasteiger partial charge is 0.159 e. The largest absolute Gasteiger partial charge is 0.455 e. The highest BCUT2D eigenvalue weighted by Gasteiger charge is 2.33. The summed E-state index contributed by atoms with van der Waals surface area (Å²) in [6.45, 7) is 4.22. The number of anilines is 7. The predicted octanol–water partition coefficient (Wildman–Crippen LogP) is 18.6. The van der Waals surface area contributed by atoms with Crippen molar-refractivity contribution < 1.29 is 18.3 Å². The minimum Gasteiger partial charge on any atom is -0.455 e. The Bertz CT molecular complexity index is 4390. The standard InChI is InChI=1S/C69H49N3O4/c1-41-15-6-8-28-62(41)73-65-42(2)16-10-24-58(65)71(59-25-11-18-46-39-45-17-7-9-29-63(45)74-66(46)59)56-37-33-43-32-36-48-54-40-53(43)47(56)35-31-44(54)34-38-57(48)72(60-26-13-21-50-49-19-4-3-5-30-64(49)75-68(50)60)61-27-14-22-52-51-20-12-23-55(70)67(51)76-69(52)61/h3-18,20-38H,19,39-40,70H2,1-2H3. The fourth-order valence-corrected chi connectivity index (χ4v) is 12.0. The van der Waals surface area contributed by atoms with Gasteiger partial charge >= 0.3 is 0 Å². The van der Waals surface area contributed by atoms with Crippen molar-refractivity contribution in [2.24, 2.45) is 0 Å². The third kappa shape index (κ3) is 6.82. The van der Waals surface area contributed by atoms with Gasteiger partial charge in [0.2, 0.25) is 0 Å². The molecule has 9 aromatic carbocycles. The maximum atomic E-state index is 7.04. The van der Waals surface area contributed by atoms with Gasteiger partial charge in [0, 0.05) is 44.8 Å². The Morgan fingerprint density at radius 2 is 1.08 bits per heavy atom. The molecule has 0 fully saturated rings. The Morgan fingerprint density at radius 3 is 1.87 bits per heavy atom. The van der Waals surface area contributed by atoms with Crippen LogP contribution >= 0.6 is 0 Å². The van der Waals surface area contributed by atoms with E-state index in [1.165, 1.54) is 22.3 Å². The van der Waals surface area contributed by atoms with Crippen LogP contribution in [-0.2, 0) is 19.3 Å². The van der Waals surface area contributed by atoms with Gasteiger partial charge in [-0.05, 0) is 126 Å². The lowest BCUT2D eigenvalue weighted by Gasteiger charge is -2.33. The molecule has 2 bridgehead atoms. The molecule has 2 N–H and O–H groups in total. The van der Waals surface area contributed by atoms with Gasteiger partial charge in [0.15, 0.2) is 28.2 Å². The van der Waals surface area contributed by atoms with E-state index in [4.69, 9.17) is 24.0 Å². The third-order valence-corrected chi connectivity index (χ3v) is 15.7. The molecule has 1 aliphatic heterocycles. The zero-order chi connectivity index (χ0) is 50.6. The van der Waals surface area contributed by atoms with Gasteiger partial charge < -0.3 is 33.8 Å². The van der Waals surface area contributed by atoms with E-state index in [0.29, 0.717) is 17.7 Å². The Labute approximate surface area is 440 Å². The fraction of sp³-hybridized carbons (Fsp3) is 0.0725. The van der Waals surface area contributed by atoms with Crippen LogP contribution in [0.3, 0.4) is 0 Å². The molecule has 0 atom stereocenters. The van der Waals surface area contributed by atoms with Crippen LogP contribution in [0.2, 0.25) is 0 Å². The van der Waals surface area contributed by atoms with E-state index >= 15 is 0 Å². The summed E-state index contributed by atoms with van der Waals surface area (Å²) < 4.78 is 27.8. The molecular weight excluding hydrogens is 935 g/mol. The van der Waals surface area contributed by atoms with E-state index in [1.54, 1.807) is 0 Å². The summed E-state index contributed by atoms with van der Waals surface area (Å²) in [4.78, 5) is 4.71. The average Bonchev–Trinajstić information content (AvgIpc) is 3.82. The molecule has 0 saturated heterocycles. The summed E-state index contributed by atoms with van der Waals surface area (Å²) in [5.41, 5.74) is 27.6. The van der Waals surface area contributed by atoms with Gasteiger partial charge in [-0.15, -0.1) is 0 Å². The van der Waals surface area contributed by atoms with Gasteiger partial charge in [-0.1, -0.05) is 152 Å². The number of ether oxygens (including phenoxy) is 2. The van der Waals surface area contributed by atoms with Crippen molar-refractivity contribution in [2.75, 3.05) is 15.5 Å². The van der Waals surface area contributed by atoms with E-state index in [-0.39, 0.29) is 0 Å². The van der Waals surface area contributed by atoms with Crippen LogP contribution in [0, 0.1) is 13.8 Å². The zero-order valence-corrected chi connectivity index (χ0v) is 41.9. The van der Waals surface area contributed by atoms with Crippen LogP contribution in [0.4, 0.5) is 39.8 Å². The van der Waals surface area contributed by atoms with Crippen LogP contribution in [0.25, 0.3) is 63.3 Å². The molecule has 7 heteroatoms. The highest BCUT2D eigenvalue weighted by molar-refractivity contribution is 6.14. The molecule has 15 rings (SSSR count). The summed E-state index contributed by atoms with van der Waals surface area (Å²) in [7, 11) is 0. The Balaban J connectivity index is 0.936. The van der Waals surface area contributed by atoms with Crippen LogP contribution in [0.15, 0.2) is 191 Å². The fourth-order valence-electron chi connectivity index (χ4n) is 12.0. The van der Waals surface area contributed by atoms with Gasteiger partial charge in [-0.3, -0.25) is 0 Å². The lowest BCUT2D eigenvalue weighted by Crippen LogP contribution is -2.16. The number of fused-ring (bicyclic) bond motifs is 8. The molecule has 0 spiro atoms. The van der Waals surface area contributed by atoms with Crippen molar-refractivity contribution in [3.8, 4) is 23.0 Å². The minimum absolute atomic E-state index is 0.600. The topological polar surface area (TPSA) is 77.2 Å². The van der Waals surface area contributed by atoms with E-state index in [1.807, 2.05) is 36.4 Å². The minimum atomic E-state index is 0.600. The number of hydrogen-bond donors (Lipinski definition) is 1. The molecule has 0 amide bonds. The van der Waals surface area contributed by atoms with Crippen molar-refractivity contribution in [3.63, 3.8) is 0 Å². The highest BCUT2D eigenvalue weighted by Crippen LogP contribution is 2.54. The molecule has 4 aliphatic rings. The Morgan fingerprint density at radius 1 is 0.461 bits per heavy atom. The molecule has 364 valence electrons. The molecule has 2 aromatic heterocycles. The maximum absolute atomic E-state index is 7.04. The summed E-state index contributed by atoms with van der Waals surface area (Å²) in [6.07, 6.45) is 19.8. The number of allylic oxidation sites excluding steroid dienone is 3. The molecule has 11 aromatic rings. The zero-order valence-electron chi connectivity index (χ0n) is 41.9.